The topological polar surface area (TPSA) is 3.88 Å². The number of nitrogens with zero attached hydrogens (tertiary/aromatic N) is 1. The molecule has 1 nitrogen and oxygen atoms in total. The fourth-order valence-corrected chi connectivity index (χ4v) is 1.81. The second kappa shape index (κ2) is 3.93. The zero-order valence-electron chi connectivity index (χ0n) is 7.94. The summed E-state index contributed by atoms with van der Waals surface area (Å²) < 4.78 is 1.95. The first-order valence-corrected chi connectivity index (χ1v) is 5.23. The third kappa shape index (κ3) is 1.70. The van der Waals surface area contributed by atoms with E-state index in [0.717, 1.165) is 0 Å². The Morgan fingerprint density at radius 3 is 2.43 bits per heavy atom. The van der Waals surface area contributed by atoms with Gasteiger partial charge in [-0.1, -0.05) is 30.3 Å². The average Bonchev–Trinajstić information content (AvgIpc) is 2.23. The normalized spacial score (nSPS) is 10.1. The van der Waals surface area contributed by atoms with E-state index < -0.39 is 0 Å². The van der Waals surface area contributed by atoms with Crippen molar-refractivity contribution in [1.82, 2.24) is 0 Å². The number of hydrogen-bond acceptors (Lipinski definition) is 0. The van der Waals surface area contributed by atoms with E-state index in [2.05, 4.69) is 53.4 Å². The van der Waals surface area contributed by atoms with E-state index in [9.17, 15) is 0 Å². The van der Waals surface area contributed by atoms with Crippen molar-refractivity contribution in [2.75, 3.05) is 0 Å². The minimum Gasteiger partial charge on any atom is -0.127 e. The zero-order valence-corrected chi connectivity index (χ0v) is 9.53. The average molecular weight is 249 g/mol. The highest BCUT2D eigenvalue weighted by atomic mass is 79.9. The molecule has 0 aliphatic carbocycles. The summed E-state index contributed by atoms with van der Waals surface area (Å²) in [5.74, 6) is 0. The van der Waals surface area contributed by atoms with Crippen LogP contribution in [-0.4, -0.2) is 0 Å². The molecular formula is C12H11BrN+. The van der Waals surface area contributed by atoms with Crippen LogP contribution in [0.5, 0.6) is 0 Å². The molecule has 70 valence electrons. The van der Waals surface area contributed by atoms with E-state index in [0.29, 0.717) is 0 Å². The second-order valence-electron chi connectivity index (χ2n) is 3.18. The Kier molecular flexibility index (Phi) is 2.64. The van der Waals surface area contributed by atoms with Gasteiger partial charge in [-0.3, -0.25) is 0 Å². The van der Waals surface area contributed by atoms with E-state index in [1.807, 2.05) is 21.9 Å². The van der Waals surface area contributed by atoms with Crippen molar-refractivity contribution in [3.05, 3.63) is 54.4 Å². The number of halogens is 1. The largest absolute Gasteiger partial charge is 0.331 e. The Balaban J connectivity index is 2.58. The first kappa shape index (κ1) is 9.41. The Bertz CT molecular complexity index is 437. The maximum atomic E-state index is 3.46. The van der Waals surface area contributed by atoms with Crippen molar-refractivity contribution >= 4 is 16.1 Å². The van der Waals surface area contributed by atoms with E-state index in [4.69, 9.17) is 0 Å². The molecule has 2 aromatic rings. The lowest BCUT2D eigenvalue weighted by molar-refractivity contribution is -0.481. The highest BCUT2D eigenvalue weighted by Crippen LogP contribution is 2.20. The second-order valence-corrected chi connectivity index (χ2v) is 3.95. The first-order valence-electron chi connectivity index (χ1n) is 4.52. The van der Waals surface area contributed by atoms with Gasteiger partial charge in [0, 0.05) is 18.6 Å². The van der Waals surface area contributed by atoms with Crippen molar-refractivity contribution < 1.29 is 3.59 Å². The predicted molar refractivity (Wildman–Crippen MR) is 61.1 cm³/mol. The van der Waals surface area contributed by atoms with Gasteiger partial charge in [-0.15, -0.1) is 3.59 Å². The quantitative estimate of drug-likeness (QED) is 0.731. The summed E-state index contributed by atoms with van der Waals surface area (Å²) in [7, 11) is 0. The fraction of sp³-hybridized carbons (Fsp3) is 0.0833. The molecule has 0 saturated heterocycles. The van der Waals surface area contributed by atoms with E-state index in [-0.39, 0.29) is 0 Å². The number of rotatable bonds is 1. The molecular weight excluding hydrogens is 238 g/mol. The molecule has 0 radical (unpaired) electrons. The third-order valence-electron chi connectivity index (χ3n) is 2.27. The van der Waals surface area contributed by atoms with Crippen LogP contribution in [0.2, 0.25) is 0 Å². The highest BCUT2D eigenvalue weighted by molar-refractivity contribution is 9.04. The van der Waals surface area contributed by atoms with Crippen molar-refractivity contribution in [3.63, 3.8) is 0 Å². The molecule has 0 aliphatic rings. The predicted octanol–water partition coefficient (Wildman–Crippen LogP) is 3.11. The first-order chi connectivity index (χ1) is 6.79. The number of pyridine rings is 1. The van der Waals surface area contributed by atoms with Gasteiger partial charge in [0.05, 0.1) is 0 Å². The SMILES string of the molecule is Cc1c(-c2ccccc2)ccc[n+]1Br. The van der Waals surface area contributed by atoms with Gasteiger partial charge in [-0.25, -0.2) is 0 Å². The van der Waals surface area contributed by atoms with Crippen LogP contribution in [0, 0.1) is 6.92 Å². The Morgan fingerprint density at radius 1 is 1.00 bits per heavy atom. The van der Waals surface area contributed by atoms with Crippen molar-refractivity contribution in [1.29, 1.82) is 0 Å². The van der Waals surface area contributed by atoms with Crippen LogP contribution < -0.4 is 3.59 Å². The van der Waals surface area contributed by atoms with Crippen molar-refractivity contribution in [3.8, 4) is 11.1 Å². The molecule has 1 aromatic carbocycles. The number of benzene rings is 1. The summed E-state index contributed by atoms with van der Waals surface area (Å²) in [5, 5.41) is 0. The summed E-state index contributed by atoms with van der Waals surface area (Å²) in [6.45, 7) is 2.09. The van der Waals surface area contributed by atoms with Gasteiger partial charge in [0.15, 0.2) is 11.9 Å². The summed E-state index contributed by atoms with van der Waals surface area (Å²) in [4.78, 5) is 0. The molecule has 0 spiro atoms. The Morgan fingerprint density at radius 2 is 1.71 bits per heavy atom. The molecule has 2 rings (SSSR count). The van der Waals surface area contributed by atoms with Crippen LogP contribution in [0.4, 0.5) is 0 Å². The summed E-state index contributed by atoms with van der Waals surface area (Å²) in [5.41, 5.74) is 3.71. The molecule has 0 unspecified atom stereocenters. The van der Waals surface area contributed by atoms with Crippen LogP contribution in [-0.2, 0) is 0 Å². The lowest BCUT2D eigenvalue weighted by atomic mass is 10.1. The van der Waals surface area contributed by atoms with Crippen LogP contribution in [0.25, 0.3) is 11.1 Å². The summed E-state index contributed by atoms with van der Waals surface area (Å²) >= 11 is 3.46. The minimum absolute atomic E-state index is 1.21. The van der Waals surface area contributed by atoms with Crippen LogP contribution >= 0.6 is 16.1 Å². The van der Waals surface area contributed by atoms with E-state index in [1.54, 1.807) is 0 Å². The Hall–Kier alpha value is -1.15. The lowest BCUT2D eigenvalue weighted by Gasteiger charge is -2.01. The fourth-order valence-electron chi connectivity index (χ4n) is 1.49. The molecule has 1 heterocycles. The van der Waals surface area contributed by atoms with Crippen LogP contribution in [0.15, 0.2) is 48.7 Å². The monoisotopic (exact) mass is 248 g/mol. The molecule has 0 fully saturated rings. The maximum Gasteiger partial charge on any atom is 0.331 e. The molecule has 0 bridgehead atoms. The smallest absolute Gasteiger partial charge is 0.127 e. The van der Waals surface area contributed by atoms with Gasteiger partial charge in [0.25, 0.3) is 0 Å². The molecule has 0 N–H and O–H groups in total. The Labute approximate surface area is 92.4 Å². The molecule has 1 aromatic heterocycles. The lowest BCUT2D eigenvalue weighted by Crippen LogP contribution is -2.23. The number of aromatic nitrogens is 1. The molecule has 0 amide bonds. The molecule has 0 aliphatic heterocycles. The standard InChI is InChI=1S/C12H11BrN/c1-10-12(8-5-9-14(10)13)11-6-3-2-4-7-11/h2-9H,1H3/q+1. The molecule has 2 heteroatoms. The molecule has 0 saturated carbocycles. The van der Waals surface area contributed by atoms with E-state index in [1.165, 1.54) is 16.8 Å². The summed E-state index contributed by atoms with van der Waals surface area (Å²) in [6.07, 6.45) is 1.99. The van der Waals surface area contributed by atoms with Crippen molar-refractivity contribution in [2.24, 2.45) is 0 Å². The van der Waals surface area contributed by atoms with Gasteiger partial charge in [0.2, 0.25) is 0 Å². The van der Waals surface area contributed by atoms with Gasteiger partial charge < -0.3 is 0 Å². The van der Waals surface area contributed by atoms with Gasteiger partial charge >= 0.3 is 16.1 Å². The molecule has 0 atom stereocenters. The van der Waals surface area contributed by atoms with Gasteiger partial charge in [-0.05, 0) is 11.6 Å². The maximum absolute atomic E-state index is 3.46. The van der Waals surface area contributed by atoms with Gasteiger partial charge in [-0.2, -0.15) is 0 Å². The highest BCUT2D eigenvalue weighted by Gasteiger charge is 2.09. The van der Waals surface area contributed by atoms with Crippen LogP contribution in [0.1, 0.15) is 5.69 Å². The molecule has 14 heavy (non-hydrogen) atoms. The zero-order chi connectivity index (χ0) is 9.97. The van der Waals surface area contributed by atoms with Gasteiger partial charge in [0.1, 0.15) is 0 Å². The third-order valence-corrected chi connectivity index (χ3v) is 3.04. The van der Waals surface area contributed by atoms with Crippen LogP contribution in [0.3, 0.4) is 0 Å². The minimum atomic E-state index is 1.21. The van der Waals surface area contributed by atoms with Crippen molar-refractivity contribution in [2.45, 2.75) is 6.92 Å². The number of hydrogen-bond donors (Lipinski definition) is 0. The van der Waals surface area contributed by atoms with E-state index >= 15 is 0 Å². The summed E-state index contributed by atoms with van der Waals surface area (Å²) in [6, 6.07) is 14.5.